The molecule has 128 valence electrons. The summed E-state index contributed by atoms with van der Waals surface area (Å²) in [6.07, 6.45) is 1.99. The number of H-pyrrole nitrogens is 2. The van der Waals surface area contributed by atoms with Crippen molar-refractivity contribution in [2.24, 2.45) is 0 Å². The molecule has 0 aromatic carbocycles. The number of aromatic amines is 2. The minimum Gasteiger partial charge on any atom is -0.503 e. The minimum atomic E-state index is -1.23. The molecule has 0 aliphatic heterocycles. The molecule has 10 nitrogen and oxygen atoms in total. The number of hydrogen-bond acceptors (Lipinski definition) is 7. The summed E-state index contributed by atoms with van der Waals surface area (Å²) >= 11 is 0. The number of ether oxygens (including phenoxy) is 1. The highest BCUT2D eigenvalue weighted by Crippen LogP contribution is 2.00. The van der Waals surface area contributed by atoms with Crippen LogP contribution in [0.25, 0.3) is 0 Å². The van der Waals surface area contributed by atoms with Crippen molar-refractivity contribution in [3.05, 3.63) is 56.4 Å². The van der Waals surface area contributed by atoms with Crippen molar-refractivity contribution >= 4 is 11.9 Å². The smallest absolute Gasteiger partial charge is 0.354 e. The fourth-order valence-electron chi connectivity index (χ4n) is 1.38. The Labute approximate surface area is 134 Å². The molecule has 0 aliphatic rings. The van der Waals surface area contributed by atoms with E-state index < -0.39 is 34.3 Å². The molecule has 5 N–H and O–H groups in total. The lowest BCUT2D eigenvalue weighted by molar-refractivity contribution is 0.0518. The topological polar surface area (TPSA) is 170 Å². The number of aromatic nitrogens is 2. The fraction of sp³-hybridized carbons (Fsp3) is 0.143. The van der Waals surface area contributed by atoms with E-state index in [4.69, 9.17) is 15.3 Å². The number of carboxylic acids is 1. The Morgan fingerprint density at radius 2 is 1.46 bits per heavy atom. The highest BCUT2D eigenvalue weighted by Gasteiger charge is 2.08. The molecule has 0 saturated carbocycles. The molecular weight excluding hydrogens is 324 g/mol. The van der Waals surface area contributed by atoms with Crippen LogP contribution in [-0.4, -0.2) is 43.8 Å². The summed E-state index contributed by atoms with van der Waals surface area (Å²) in [6, 6.07) is 1.81. The summed E-state index contributed by atoms with van der Waals surface area (Å²) < 4.78 is 4.63. The number of rotatable bonds is 3. The van der Waals surface area contributed by atoms with E-state index in [9.17, 15) is 19.2 Å². The Bertz CT molecular complexity index is 852. The average molecular weight is 338 g/mol. The molecular formula is C14H14N2O8. The molecule has 0 saturated heterocycles. The van der Waals surface area contributed by atoms with Crippen molar-refractivity contribution in [1.82, 2.24) is 9.97 Å². The van der Waals surface area contributed by atoms with E-state index in [1.807, 2.05) is 0 Å². The highest BCUT2D eigenvalue weighted by atomic mass is 16.5. The summed E-state index contributed by atoms with van der Waals surface area (Å²) in [6.45, 7) is 1.90. The van der Waals surface area contributed by atoms with Crippen molar-refractivity contribution < 1.29 is 29.6 Å². The quantitative estimate of drug-likeness (QED) is 0.488. The van der Waals surface area contributed by atoms with Gasteiger partial charge in [-0.2, -0.15) is 0 Å². The van der Waals surface area contributed by atoms with E-state index in [2.05, 4.69) is 14.7 Å². The van der Waals surface area contributed by atoms with Crippen LogP contribution in [-0.2, 0) is 4.74 Å². The summed E-state index contributed by atoms with van der Waals surface area (Å²) in [5.74, 6) is -2.76. The van der Waals surface area contributed by atoms with Gasteiger partial charge in [0, 0.05) is 24.5 Å². The lowest BCUT2D eigenvalue weighted by Gasteiger charge is -2.00. The Balaban J connectivity index is 0.000000243. The minimum absolute atomic E-state index is 0.0321. The maximum Gasteiger partial charge on any atom is 0.354 e. The summed E-state index contributed by atoms with van der Waals surface area (Å²) in [5.41, 5.74) is -1.53. The lowest BCUT2D eigenvalue weighted by Crippen LogP contribution is -2.11. The van der Waals surface area contributed by atoms with Gasteiger partial charge in [0.2, 0.25) is 10.9 Å². The molecule has 0 radical (unpaired) electrons. The summed E-state index contributed by atoms with van der Waals surface area (Å²) in [4.78, 5) is 47.4. The van der Waals surface area contributed by atoms with Crippen LogP contribution in [0.4, 0.5) is 0 Å². The zero-order valence-electron chi connectivity index (χ0n) is 12.4. The first kappa shape index (κ1) is 18.5. The standard InChI is InChI=1S/C8H9NO4.C6H5NO4/c1-2-13-8(12)5-3-6(10)7(11)4-9-5;8-4-1-3(6(10)11)7-2-5(4)9/h3-4,11H,2H2,1H3,(H,9,10);1-2,9H,(H,7,8)(H,10,11). The van der Waals surface area contributed by atoms with Gasteiger partial charge < -0.3 is 30.0 Å². The van der Waals surface area contributed by atoms with Crippen LogP contribution in [0.2, 0.25) is 0 Å². The molecule has 0 spiro atoms. The van der Waals surface area contributed by atoms with Crippen molar-refractivity contribution in [2.45, 2.75) is 6.92 Å². The van der Waals surface area contributed by atoms with Crippen LogP contribution >= 0.6 is 0 Å². The number of aromatic hydroxyl groups is 2. The third-order valence-corrected chi connectivity index (χ3v) is 2.51. The van der Waals surface area contributed by atoms with Gasteiger partial charge in [-0.3, -0.25) is 9.59 Å². The largest absolute Gasteiger partial charge is 0.503 e. The first-order valence-electron chi connectivity index (χ1n) is 6.50. The van der Waals surface area contributed by atoms with Gasteiger partial charge in [-0.25, -0.2) is 9.59 Å². The van der Waals surface area contributed by atoms with Crippen molar-refractivity contribution in [2.75, 3.05) is 6.61 Å². The molecule has 0 aliphatic carbocycles. The Hall–Kier alpha value is -3.56. The number of carbonyl (C=O) groups excluding carboxylic acids is 1. The molecule has 2 aromatic heterocycles. The molecule has 0 bridgehead atoms. The molecule has 0 atom stereocenters. The van der Waals surface area contributed by atoms with Crippen LogP contribution in [0.1, 0.15) is 27.9 Å². The van der Waals surface area contributed by atoms with Crippen LogP contribution in [0, 0.1) is 0 Å². The zero-order valence-corrected chi connectivity index (χ0v) is 12.4. The van der Waals surface area contributed by atoms with Crippen LogP contribution in [0.15, 0.2) is 34.1 Å². The fourth-order valence-corrected chi connectivity index (χ4v) is 1.38. The summed E-state index contributed by atoms with van der Waals surface area (Å²) in [5, 5.41) is 25.9. The second kappa shape index (κ2) is 8.17. The third-order valence-electron chi connectivity index (χ3n) is 2.51. The molecule has 24 heavy (non-hydrogen) atoms. The highest BCUT2D eigenvalue weighted by molar-refractivity contribution is 5.87. The zero-order chi connectivity index (χ0) is 18.3. The van der Waals surface area contributed by atoms with Crippen molar-refractivity contribution in [3.8, 4) is 11.5 Å². The molecule has 0 fully saturated rings. The number of carbonyl (C=O) groups is 2. The van der Waals surface area contributed by atoms with Gasteiger partial charge in [-0.05, 0) is 6.92 Å². The van der Waals surface area contributed by atoms with E-state index in [1.54, 1.807) is 6.92 Å². The first-order chi connectivity index (χ1) is 11.3. The van der Waals surface area contributed by atoms with E-state index in [-0.39, 0.29) is 18.0 Å². The normalized spacial score (nSPS) is 9.54. The number of hydrogen-bond donors (Lipinski definition) is 5. The Morgan fingerprint density at radius 3 is 1.88 bits per heavy atom. The second-order valence-electron chi connectivity index (χ2n) is 4.22. The molecule has 2 aromatic rings. The second-order valence-corrected chi connectivity index (χ2v) is 4.22. The number of aromatic carboxylic acids is 1. The maximum atomic E-state index is 11.0. The van der Waals surface area contributed by atoms with Gasteiger partial charge in [0.15, 0.2) is 11.5 Å². The van der Waals surface area contributed by atoms with E-state index in [1.165, 1.54) is 0 Å². The van der Waals surface area contributed by atoms with Crippen LogP contribution < -0.4 is 10.9 Å². The SMILES string of the molecule is CCOC(=O)c1cc(=O)c(O)c[nH]1.O=C(O)c1cc(=O)c(O)c[nH]1. The van der Waals surface area contributed by atoms with E-state index in [0.717, 1.165) is 24.5 Å². The summed E-state index contributed by atoms with van der Waals surface area (Å²) in [7, 11) is 0. The van der Waals surface area contributed by atoms with Gasteiger partial charge in [0.25, 0.3) is 0 Å². The lowest BCUT2D eigenvalue weighted by atomic mass is 10.3. The van der Waals surface area contributed by atoms with E-state index in [0.29, 0.717) is 0 Å². The maximum absolute atomic E-state index is 11.0. The monoisotopic (exact) mass is 338 g/mol. The number of esters is 1. The number of nitrogens with one attached hydrogen (secondary N) is 2. The van der Waals surface area contributed by atoms with Crippen LogP contribution in [0.5, 0.6) is 11.5 Å². The Kier molecular flexibility index (Phi) is 6.30. The van der Waals surface area contributed by atoms with Crippen molar-refractivity contribution in [3.63, 3.8) is 0 Å². The number of carboxylic acid groups (broad SMARTS) is 1. The molecule has 0 unspecified atom stereocenters. The van der Waals surface area contributed by atoms with Gasteiger partial charge in [0.1, 0.15) is 11.4 Å². The van der Waals surface area contributed by atoms with Crippen LogP contribution in [0.3, 0.4) is 0 Å². The van der Waals surface area contributed by atoms with Gasteiger partial charge in [-0.1, -0.05) is 0 Å². The molecule has 2 heterocycles. The average Bonchev–Trinajstić information content (AvgIpc) is 2.53. The third kappa shape index (κ3) is 5.02. The van der Waals surface area contributed by atoms with Gasteiger partial charge in [-0.15, -0.1) is 0 Å². The molecule has 10 heteroatoms. The molecule has 0 amide bonds. The first-order valence-corrected chi connectivity index (χ1v) is 6.50. The van der Waals surface area contributed by atoms with Gasteiger partial charge >= 0.3 is 11.9 Å². The van der Waals surface area contributed by atoms with Gasteiger partial charge in [0.05, 0.1) is 6.61 Å². The Morgan fingerprint density at radius 1 is 1.00 bits per heavy atom. The predicted octanol–water partition coefficient (Wildman–Crippen LogP) is 0.0359. The number of pyridine rings is 2. The van der Waals surface area contributed by atoms with Crippen molar-refractivity contribution in [1.29, 1.82) is 0 Å². The molecule has 2 rings (SSSR count). The predicted molar refractivity (Wildman–Crippen MR) is 80.4 cm³/mol. The van der Waals surface area contributed by atoms with E-state index >= 15 is 0 Å².